The van der Waals surface area contributed by atoms with Crippen LogP contribution >= 0.6 is 0 Å². The van der Waals surface area contributed by atoms with E-state index in [1.807, 2.05) is 25.1 Å². The number of fused-ring (bicyclic) bond motifs is 1. The van der Waals surface area contributed by atoms with Crippen molar-refractivity contribution in [2.24, 2.45) is 0 Å². The number of hydrogen-bond donors (Lipinski definition) is 1. The van der Waals surface area contributed by atoms with E-state index in [4.69, 9.17) is 4.74 Å². The maximum Gasteiger partial charge on any atom is 0.349 e. The van der Waals surface area contributed by atoms with Crippen molar-refractivity contribution in [1.29, 1.82) is 0 Å². The first-order chi connectivity index (χ1) is 8.54. The van der Waals surface area contributed by atoms with Crippen LogP contribution in [0.25, 0.3) is 0 Å². The number of carbonyl (C=O) groups excluding carboxylic acids is 2. The lowest BCUT2D eigenvalue weighted by Gasteiger charge is -2.34. The molecule has 1 aliphatic rings. The van der Waals surface area contributed by atoms with Gasteiger partial charge in [0, 0.05) is 7.05 Å². The number of carbonyl (C=O) groups is 2. The van der Waals surface area contributed by atoms with Gasteiger partial charge in [0.05, 0.1) is 17.9 Å². The average molecular weight is 248 g/mol. The maximum atomic E-state index is 12.0. The minimum atomic E-state index is -0.757. The number of nitrogens with one attached hydrogen (secondary N) is 1. The smallest absolute Gasteiger partial charge is 0.349 e. The van der Waals surface area contributed by atoms with Crippen molar-refractivity contribution in [3.05, 3.63) is 29.3 Å². The quantitative estimate of drug-likeness (QED) is 0.795. The predicted octanol–water partition coefficient (Wildman–Crippen LogP) is 1.06. The molecule has 0 saturated carbocycles. The molecule has 1 heterocycles. The van der Waals surface area contributed by atoms with Crippen molar-refractivity contribution in [1.82, 2.24) is 5.32 Å². The molecule has 2 rings (SSSR count). The van der Waals surface area contributed by atoms with Gasteiger partial charge >= 0.3 is 5.97 Å². The standard InChI is InChI=1S/C13H16N2O3/c1-4-18-13(17)11-14-12(16)9-7-8(2)5-6-10(9)15(11)3/h5-7,11H,4H2,1-3H3,(H,14,16). The van der Waals surface area contributed by atoms with E-state index in [1.165, 1.54) is 0 Å². The summed E-state index contributed by atoms with van der Waals surface area (Å²) in [4.78, 5) is 25.4. The normalized spacial score (nSPS) is 18.1. The highest BCUT2D eigenvalue weighted by molar-refractivity contribution is 6.05. The number of nitrogens with zero attached hydrogens (tertiary/aromatic N) is 1. The molecule has 0 fully saturated rings. The van der Waals surface area contributed by atoms with Crippen LogP contribution in [0.2, 0.25) is 0 Å². The van der Waals surface area contributed by atoms with E-state index < -0.39 is 12.1 Å². The molecule has 1 aromatic rings. The fourth-order valence-electron chi connectivity index (χ4n) is 2.02. The fourth-order valence-corrected chi connectivity index (χ4v) is 2.02. The van der Waals surface area contributed by atoms with Crippen molar-refractivity contribution in [3.63, 3.8) is 0 Å². The summed E-state index contributed by atoms with van der Waals surface area (Å²) in [6.07, 6.45) is -0.757. The molecule has 0 bridgehead atoms. The van der Waals surface area contributed by atoms with E-state index in [1.54, 1.807) is 18.9 Å². The Labute approximate surface area is 106 Å². The van der Waals surface area contributed by atoms with Crippen LogP contribution < -0.4 is 10.2 Å². The number of esters is 1. The largest absolute Gasteiger partial charge is 0.463 e. The SMILES string of the molecule is CCOC(=O)C1NC(=O)c2cc(C)ccc2N1C. The molecule has 1 N–H and O–H groups in total. The Morgan fingerprint density at radius 3 is 2.89 bits per heavy atom. The molecular weight excluding hydrogens is 232 g/mol. The molecule has 0 aromatic heterocycles. The number of amides is 1. The summed E-state index contributed by atoms with van der Waals surface area (Å²) in [5, 5.41) is 2.65. The van der Waals surface area contributed by atoms with Gasteiger partial charge in [0.2, 0.25) is 6.17 Å². The molecule has 1 aliphatic heterocycles. The highest BCUT2D eigenvalue weighted by Crippen LogP contribution is 2.26. The van der Waals surface area contributed by atoms with Gasteiger partial charge in [0.1, 0.15) is 0 Å². The van der Waals surface area contributed by atoms with Gasteiger partial charge in [-0.1, -0.05) is 11.6 Å². The Morgan fingerprint density at radius 2 is 2.22 bits per heavy atom. The average Bonchev–Trinajstić information content (AvgIpc) is 2.34. The number of likely N-dealkylation sites (N-methyl/N-ethyl adjacent to an activating group) is 1. The Balaban J connectivity index is 2.36. The number of anilines is 1. The molecule has 1 aromatic carbocycles. The fraction of sp³-hybridized carbons (Fsp3) is 0.385. The third-order valence-corrected chi connectivity index (χ3v) is 2.94. The van der Waals surface area contributed by atoms with Gasteiger partial charge in [-0.05, 0) is 26.0 Å². The molecular formula is C13H16N2O3. The second-order valence-electron chi connectivity index (χ2n) is 4.26. The van der Waals surface area contributed by atoms with E-state index >= 15 is 0 Å². The Morgan fingerprint density at radius 1 is 1.50 bits per heavy atom. The zero-order valence-electron chi connectivity index (χ0n) is 10.7. The van der Waals surface area contributed by atoms with Crippen LogP contribution in [-0.4, -0.2) is 31.7 Å². The number of hydrogen-bond acceptors (Lipinski definition) is 4. The van der Waals surface area contributed by atoms with Crippen LogP contribution in [0.3, 0.4) is 0 Å². The zero-order chi connectivity index (χ0) is 13.3. The monoisotopic (exact) mass is 248 g/mol. The molecule has 0 spiro atoms. The van der Waals surface area contributed by atoms with E-state index in [2.05, 4.69) is 5.32 Å². The molecule has 0 saturated heterocycles. The molecule has 5 heteroatoms. The summed E-state index contributed by atoms with van der Waals surface area (Å²) >= 11 is 0. The van der Waals surface area contributed by atoms with E-state index in [9.17, 15) is 9.59 Å². The molecule has 0 radical (unpaired) electrons. The minimum absolute atomic E-state index is 0.246. The number of aryl methyl sites for hydroxylation is 1. The van der Waals surface area contributed by atoms with Crippen molar-refractivity contribution in [2.75, 3.05) is 18.6 Å². The molecule has 0 aliphatic carbocycles. The van der Waals surface area contributed by atoms with Crippen LogP contribution in [0, 0.1) is 6.92 Å². The van der Waals surface area contributed by atoms with Crippen LogP contribution in [0.5, 0.6) is 0 Å². The van der Waals surface area contributed by atoms with Crippen LogP contribution in [0.4, 0.5) is 5.69 Å². The lowest BCUT2D eigenvalue weighted by atomic mass is 10.0. The molecule has 1 atom stereocenters. The molecule has 1 amide bonds. The van der Waals surface area contributed by atoms with Gasteiger partial charge < -0.3 is 15.0 Å². The summed E-state index contributed by atoms with van der Waals surface area (Å²) < 4.78 is 4.94. The van der Waals surface area contributed by atoms with Crippen molar-refractivity contribution in [2.45, 2.75) is 20.0 Å². The number of benzene rings is 1. The van der Waals surface area contributed by atoms with E-state index in [0.29, 0.717) is 12.2 Å². The van der Waals surface area contributed by atoms with Gasteiger partial charge in [-0.25, -0.2) is 4.79 Å². The maximum absolute atomic E-state index is 12.0. The highest BCUT2D eigenvalue weighted by Gasteiger charge is 2.33. The number of ether oxygens (including phenoxy) is 1. The first-order valence-corrected chi connectivity index (χ1v) is 5.85. The van der Waals surface area contributed by atoms with Gasteiger partial charge in [-0.2, -0.15) is 0 Å². The van der Waals surface area contributed by atoms with E-state index in [-0.39, 0.29) is 5.91 Å². The third-order valence-electron chi connectivity index (χ3n) is 2.94. The summed E-state index contributed by atoms with van der Waals surface area (Å²) in [6, 6.07) is 5.56. The second kappa shape index (κ2) is 4.68. The van der Waals surface area contributed by atoms with Crippen LogP contribution in [-0.2, 0) is 9.53 Å². The zero-order valence-corrected chi connectivity index (χ0v) is 10.7. The predicted molar refractivity (Wildman–Crippen MR) is 67.5 cm³/mol. The molecule has 1 unspecified atom stereocenters. The Hall–Kier alpha value is -2.04. The van der Waals surface area contributed by atoms with Gasteiger partial charge in [-0.15, -0.1) is 0 Å². The Kier molecular flexibility index (Phi) is 3.23. The van der Waals surface area contributed by atoms with Crippen molar-refractivity contribution >= 4 is 17.6 Å². The van der Waals surface area contributed by atoms with Gasteiger partial charge in [0.25, 0.3) is 5.91 Å². The molecule has 18 heavy (non-hydrogen) atoms. The number of rotatable bonds is 2. The van der Waals surface area contributed by atoms with Crippen LogP contribution in [0.1, 0.15) is 22.8 Å². The minimum Gasteiger partial charge on any atom is -0.463 e. The summed E-state index contributed by atoms with van der Waals surface area (Å²) in [5.41, 5.74) is 2.33. The summed E-state index contributed by atoms with van der Waals surface area (Å²) in [5.74, 6) is -0.690. The summed E-state index contributed by atoms with van der Waals surface area (Å²) in [7, 11) is 1.76. The second-order valence-corrected chi connectivity index (χ2v) is 4.26. The summed E-state index contributed by atoms with van der Waals surface area (Å²) in [6.45, 7) is 3.95. The lowest BCUT2D eigenvalue weighted by molar-refractivity contribution is -0.145. The van der Waals surface area contributed by atoms with Crippen molar-refractivity contribution in [3.8, 4) is 0 Å². The Bertz CT molecular complexity index is 499. The lowest BCUT2D eigenvalue weighted by Crippen LogP contribution is -2.56. The van der Waals surface area contributed by atoms with E-state index in [0.717, 1.165) is 11.3 Å². The highest BCUT2D eigenvalue weighted by atomic mass is 16.5. The van der Waals surface area contributed by atoms with Crippen LogP contribution in [0.15, 0.2) is 18.2 Å². The first kappa shape index (κ1) is 12.4. The molecule has 96 valence electrons. The third kappa shape index (κ3) is 2.03. The van der Waals surface area contributed by atoms with Crippen molar-refractivity contribution < 1.29 is 14.3 Å². The van der Waals surface area contributed by atoms with Gasteiger partial charge in [-0.3, -0.25) is 4.79 Å². The van der Waals surface area contributed by atoms with Gasteiger partial charge in [0.15, 0.2) is 0 Å². The topological polar surface area (TPSA) is 58.6 Å². The first-order valence-electron chi connectivity index (χ1n) is 5.85. The molecule has 5 nitrogen and oxygen atoms in total.